The van der Waals surface area contributed by atoms with Crippen molar-refractivity contribution in [3.63, 3.8) is 0 Å². The molecule has 1 aliphatic carbocycles. The number of rotatable bonds is 4. The smallest absolute Gasteiger partial charge is 0.226 e. The monoisotopic (exact) mass is 341 g/mol. The molecule has 2 aromatic rings. The molecule has 2 heterocycles. The van der Waals surface area contributed by atoms with E-state index in [9.17, 15) is 9.18 Å². The highest BCUT2D eigenvalue weighted by molar-refractivity contribution is 5.83. The lowest BCUT2D eigenvalue weighted by Gasteiger charge is -2.36. The van der Waals surface area contributed by atoms with Crippen LogP contribution < -0.4 is 0 Å². The summed E-state index contributed by atoms with van der Waals surface area (Å²) in [4.78, 5) is 15.1. The van der Waals surface area contributed by atoms with Gasteiger partial charge in [-0.15, -0.1) is 0 Å². The topological polar surface area (TPSA) is 38.1 Å². The van der Waals surface area contributed by atoms with E-state index in [-0.39, 0.29) is 29.6 Å². The zero-order chi connectivity index (χ0) is 17.4. The predicted molar refractivity (Wildman–Crippen MR) is 93.6 cm³/mol. The van der Waals surface area contributed by atoms with Crippen LogP contribution in [0.15, 0.2) is 36.7 Å². The minimum atomic E-state index is -0.222. The third-order valence-electron chi connectivity index (χ3n) is 5.45. The number of benzene rings is 1. The Hall–Kier alpha value is -2.17. The van der Waals surface area contributed by atoms with Gasteiger partial charge in [-0.1, -0.05) is 12.1 Å². The maximum absolute atomic E-state index is 13.4. The van der Waals surface area contributed by atoms with Crippen molar-refractivity contribution in [2.24, 2.45) is 5.92 Å². The highest BCUT2D eigenvalue weighted by atomic mass is 19.1. The Balaban J connectivity index is 1.44. The molecular weight excluding hydrogens is 317 g/mol. The molecule has 1 aliphatic heterocycles. The van der Waals surface area contributed by atoms with E-state index in [4.69, 9.17) is 0 Å². The highest BCUT2D eigenvalue weighted by Crippen LogP contribution is 2.49. The molecule has 1 saturated heterocycles. The van der Waals surface area contributed by atoms with Gasteiger partial charge in [-0.3, -0.25) is 9.48 Å². The normalized spacial score (nSPS) is 25.8. The standard InChI is InChI=1S/C20H24FN3O/c1-14-11-22-23(12-14)13-17-7-2-3-8-24(17)20(25)19-10-18(19)15-5-4-6-16(21)9-15/h4-6,9,11-12,17-19H,2-3,7-8,10,13H2,1H3/t17-,18-,19+/m0/s1. The minimum Gasteiger partial charge on any atom is -0.338 e. The van der Waals surface area contributed by atoms with E-state index in [1.54, 1.807) is 12.1 Å². The van der Waals surface area contributed by atoms with Gasteiger partial charge in [0.2, 0.25) is 5.91 Å². The molecule has 0 spiro atoms. The maximum Gasteiger partial charge on any atom is 0.226 e. The molecule has 25 heavy (non-hydrogen) atoms. The van der Waals surface area contributed by atoms with Gasteiger partial charge in [0, 0.05) is 18.7 Å². The van der Waals surface area contributed by atoms with Gasteiger partial charge in [-0.25, -0.2) is 4.39 Å². The van der Waals surface area contributed by atoms with Crippen LogP contribution in [0, 0.1) is 18.7 Å². The minimum absolute atomic E-state index is 0.0155. The Morgan fingerprint density at radius 2 is 2.24 bits per heavy atom. The Bertz CT molecular complexity index is 772. The fourth-order valence-electron chi connectivity index (χ4n) is 4.05. The summed E-state index contributed by atoms with van der Waals surface area (Å²) in [6.07, 6.45) is 7.98. The highest BCUT2D eigenvalue weighted by Gasteiger charge is 2.47. The number of likely N-dealkylation sites (tertiary alicyclic amines) is 1. The van der Waals surface area contributed by atoms with Crippen molar-refractivity contribution in [1.29, 1.82) is 0 Å². The SMILES string of the molecule is Cc1cnn(C[C@@H]2CCCCN2C(=O)[C@@H]2C[C@H]2c2cccc(F)c2)c1. The summed E-state index contributed by atoms with van der Waals surface area (Å²) in [6.45, 7) is 3.62. The van der Waals surface area contributed by atoms with Crippen molar-refractivity contribution in [2.45, 2.75) is 51.1 Å². The van der Waals surface area contributed by atoms with E-state index < -0.39 is 0 Å². The van der Waals surface area contributed by atoms with Crippen molar-refractivity contribution >= 4 is 5.91 Å². The molecule has 1 saturated carbocycles. The number of piperidine rings is 1. The fourth-order valence-corrected chi connectivity index (χ4v) is 4.05. The average molecular weight is 341 g/mol. The van der Waals surface area contributed by atoms with E-state index >= 15 is 0 Å². The number of aryl methyl sites for hydroxylation is 1. The molecule has 1 aromatic heterocycles. The number of hydrogen-bond donors (Lipinski definition) is 0. The molecule has 0 radical (unpaired) electrons. The molecule has 2 aliphatic rings. The van der Waals surface area contributed by atoms with Crippen LogP contribution in [0.1, 0.15) is 42.7 Å². The summed E-state index contributed by atoms with van der Waals surface area (Å²) in [5.41, 5.74) is 2.09. The van der Waals surface area contributed by atoms with Gasteiger partial charge in [0.25, 0.3) is 0 Å². The second kappa shape index (κ2) is 6.62. The molecule has 4 nitrogen and oxygen atoms in total. The van der Waals surface area contributed by atoms with Gasteiger partial charge in [-0.05, 0) is 61.8 Å². The van der Waals surface area contributed by atoms with E-state index in [0.717, 1.165) is 49.9 Å². The first-order chi connectivity index (χ1) is 12.1. The Morgan fingerprint density at radius 3 is 3.00 bits per heavy atom. The van der Waals surface area contributed by atoms with Gasteiger partial charge in [0.1, 0.15) is 5.82 Å². The van der Waals surface area contributed by atoms with Crippen LogP contribution in [-0.2, 0) is 11.3 Å². The quantitative estimate of drug-likeness (QED) is 0.853. The number of carbonyl (C=O) groups is 1. The summed E-state index contributed by atoms with van der Waals surface area (Å²) in [5.74, 6) is 0.211. The summed E-state index contributed by atoms with van der Waals surface area (Å²) in [7, 11) is 0. The number of halogens is 1. The van der Waals surface area contributed by atoms with Crippen LogP contribution in [0.5, 0.6) is 0 Å². The number of carbonyl (C=O) groups excluding carboxylic acids is 1. The molecule has 0 N–H and O–H groups in total. The van der Waals surface area contributed by atoms with Gasteiger partial charge >= 0.3 is 0 Å². The third kappa shape index (κ3) is 3.46. The van der Waals surface area contributed by atoms with Crippen molar-refractivity contribution in [2.75, 3.05) is 6.54 Å². The zero-order valence-corrected chi connectivity index (χ0v) is 14.6. The lowest BCUT2D eigenvalue weighted by molar-refractivity contribution is -0.136. The molecule has 1 amide bonds. The van der Waals surface area contributed by atoms with E-state index in [2.05, 4.69) is 10.00 Å². The van der Waals surface area contributed by atoms with E-state index in [1.807, 2.05) is 30.1 Å². The second-order valence-electron chi connectivity index (χ2n) is 7.42. The van der Waals surface area contributed by atoms with Crippen LogP contribution in [0.2, 0.25) is 0 Å². The Morgan fingerprint density at radius 1 is 1.36 bits per heavy atom. The molecule has 4 rings (SSSR count). The largest absolute Gasteiger partial charge is 0.338 e. The molecule has 5 heteroatoms. The summed E-state index contributed by atoms with van der Waals surface area (Å²) in [6, 6.07) is 6.90. The van der Waals surface area contributed by atoms with Crippen molar-refractivity contribution < 1.29 is 9.18 Å². The molecule has 1 aromatic carbocycles. The van der Waals surface area contributed by atoms with Gasteiger partial charge < -0.3 is 4.90 Å². The van der Waals surface area contributed by atoms with Gasteiger partial charge in [-0.2, -0.15) is 5.10 Å². The maximum atomic E-state index is 13.4. The lowest BCUT2D eigenvalue weighted by Crippen LogP contribution is -2.46. The second-order valence-corrected chi connectivity index (χ2v) is 7.42. The number of nitrogens with zero attached hydrogens (tertiary/aromatic N) is 3. The summed E-state index contributed by atoms with van der Waals surface area (Å²) >= 11 is 0. The van der Waals surface area contributed by atoms with E-state index in [1.165, 1.54) is 6.07 Å². The van der Waals surface area contributed by atoms with Crippen LogP contribution >= 0.6 is 0 Å². The first-order valence-corrected chi connectivity index (χ1v) is 9.17. The van der Waals surface area contributed by atoms with Gasteiger partial charge in [0.15, 0.2) is 0 Å². The first kappa shape index (κ1) is 16.3. The van der Waals surface area contributed by atoms with Crippen molar-refractivity contribution in [1.82, 2.24) is 14.7 Å². The van der Waals surface area contributed by atoms with Crippen molar-refractivity contribution in [3.05, 3.63) is 53.6 Å². The zero-order valence-electron chi connectivity index (χ0n) is 14.6. The number of amides is 1. The Kier molecular flexibility index (Phi) is 4.32. The Labute approximate surface area is 147 Å². The van der Waals surface area contributed by atoms with E-state index in [0.29, 0.717) is 0 Å². The summed E-state index contributed by atoms with van der Waals surface area (Å²) in [5, 5.41) is 4.37. The molecule has 3 atom stereocenters. The lowest BCUT2D eigenvalue weighted by atomic mass is 10.0. The summed E-state index contributed by atoms with van der Waals surface area (Å²) < 4.78 is 15.4. The van der Waals surface area contributed by atoms with Crippen LogP contribution in [0.3, 0.4) is 0 Å². The fraction of sp³-hybridized carbons (Fsp3) is 0.500. The number of aromatic nitrogens is 2. The average Bonchev–Trinajstić information content (AvgIpc) is 3.31. The molecule has 0 unspecified atom stereocenters. The molecule has 0 bridgehead atoms. The van der Waals surface area contributed by atoms with Crippen LogP contribution in [0.25, 0.3) is 0 Å². The molecular formula is C20H24FN3O. The van der Waals surface area contributed by atoms with Crippen LogP contribution in [0.4, 0.5) is 4.39 Å². The number of hydrogen-bond acceptors (Lipinski definition) is 2. The molecule has 132 valence electrons. The molecule has 2 fully saturated rings. The predicted octanol–water partition coefficient (Wildman–Crippen LogP) is 3.52. The van der Waals surface area contributed by atoms with Crippen LogP contribution in [-0.4, -0.2) is 33.2 Å². The van der Waals surface area contributed by atoms with Crippen molar-refractivity contribution in [3.8, 4) is 0 Å². The van der Waals surface area contributed by atoms with Gasteiger partial charge in [0.05, 0.1) is 18.8 Å². The first-order valence-electron chi connectivity index (χ1n) is 9.17. The third-order valence-corrected chi connectivity index (χ3v) is 5.45.